The van der Waals surface area contributed by atoms with Gasteiger partial charge >= 0.3 is 0 Å². The van der Waals surface area contributed by atoms with Crippen molar-refractivity contribution in [3.05, 3.63) is 41.7 Å². The SMILES string of the molecule is CNC(C)Cc1noc(C2CCCN(C(=O)c3ccc4[nH]ncc4c3)C2)n1. The number of rotatable bonds is 5. The maximum Gasteiger partial charge on any atom is 0.253 e. The number of H-pyrrole nitrogens is 1. The van der Waals surface area contributed by atoms with Gasteiger partial charge in [0, 0.05) is 36.5 Å². The third-order valence-electron chi connectivity index (χ3n) is 5.21. The summed E-state index contributed by atoms with van der Waals surface area (Å²) in [5, 5.41) is 15.1. The van der Waals surface area contributed by atoms with E-state index in [1.807, 2.05) is 30.1 Å². The Bertz CT molecular complexity index is 933. The highest BCUT2D eigenvalue weighted by atomic mass is 16.5. The Morgan fingerprint density at radius 1 is 1.48 bits per heavy atom. The van der Waals surface area contributed by atoms with Crippen molar-refractivity contribution in [3.63, 3.8) is 0 Å². The Morgan fingerprint density at radius 3 is 3.22 bits per heavy atom. The lowest BCUT2D eigenvalue weighted by Gasteiger charge is -2.31. The second kappa shape index (κ2) is 7.48. The first-order valence-corrected chi connectivity index (χ1v) is 9.36. The number of benzene rings is 1. The van der Waals surface area contributed by atoms with Crippen LogP contribution >= 0.6 is 0 Å². The number of nitrogens with zero attached hydrogens (tertiary/aromatic N) is 4. The van der Waals surface area contributed by atoms with E-state index in [-0.39, 0.29) is 17.9 Å². The highest BCUT2D eigenvalue weighted by Crippen LogP contribution is 2.27. The zero-order valence-corrected chi connectivity index (χ0v) is 15.6. The number of likely N-dealkylation sites (N-methyl/N-ethyl adjacent to an activating group) is 1. The molecule has 1 fully saturated rings. The molecule has 2 aromatic heterocycles. The molecule has 142 valence electrons. The van der Waals surface area contributed by atoms with Crippen molar-refractivity contribution in [3.8, 4) is 0 Å². The molecule has 27 heavy (non-hydrogen) atoms. The molecule has 1 aliphatic heterocycles. The molecule has 8 nitrogen and oxygen atoms in total. The van der Waals surface area contributed by atoms with E-state index >= 15 is 0 Å². The average Bonchev–Trinajstić information content (AvgIpc) is 3.36. The number of carbonyl (C=O) groups is 1. The standard InChI is InChI=1S/C19H24N6O2/c1-12(20-2)8-17-22-18(27-24-17)14-4-3-7-25(11-14)19(26)13-5-6-16-15(9-13)10-21-23-16/h5-6,9-10,12,14,20H,3-4,7-8,11H2,1-2H3,(H,21,23). The zero-order valence-electron chi connectivity index (χ0n) is 15.6. The van der Waals surface area contributed by atoms with Crippen molar-refractivity contribution in [1.82, 2.24) is 30.6 Å². The second-order valence-electron chi connectivity index (χ2n) is 7.21. The Labute approximate surface area is 157 Å². The van der Waals surface area contributed by atoms with E-state index in [1.165, 1.54) is 0 Å². The summed E-state index contributed by atoms with van der Waals surface area (Å²) in [6.45, 7) is 3.43. The van der Waals surface area contributed by atoms with Crippen LogP contribution in [0, 0.1) is 0 Å². The summed E-state index contributed by atoms with van der Waals surface area (Å²) in [5.41, 5.74) is 1.61. The first-order valence-electron chi connectivity index (χ1n) is 9.36. The van der Waals surface area contributed by atoms with E-state index in [0.717, 1.165) is 36.7 Å². The summed E-state index contributed by atoms with van der Waals surface area (Å²) >= 11 is 0. The van der Waals surface area contributed by atoms with Crippen molar-refractivity contribution in [2.45, 2.75) is 38.1 Å². The van der Waals surface area contributed by atoms with Crippen LogP contribution < -0.4 is 5.32 Å². The van der Waals surface area contributed by atoms with E-state index < -0.39 is 0 Å². The molecule has 3 aromatic rings. The van der Waals surface area contributed by atoms with Crippen LogP contribution in [0.25, 0.3) is 10.9 Å². The number of hydrogen-bond donors (Lipinski definition) is 2. The summed E-state index contributed by atoms with van der Waals surface area (Å²) < 4.78 is 5.49. The van der Waals surface area contributed by atoms with Gasteiger partial charge in [-0.2, -0.15) is 10.1 Å². The summed E-state index contributed by atoms with van der Waals surface area (Å²) in [4.78, 5) is 19.4. The molecule has 2 atom stereocenters. The molecule has 3 heterocycles. The van der Waals surface area contributed by atoms with E-state index in [2.05, 4.69) is 32.6 Å². The highest BCUT2D eigenvalue weighted by molar-refractivity contribution is 5.97. The molecule has 2 unspecified atom stereocenters. The van der Waals surface area contributed by atoms with Crippen molar-refractivity contribution in [2.24, 2.45) is 0 Å². The fourth-order valence-electron chi connectivity index (χ4n) is 3.51. The number of nitrogens with one attached hydrogen (secondary N) is 2. The van der Waals surface area contributed by atoms with E-state index in [0.29, 0.717) is 23.8 Å². The molecule has 1 aromatic carbocycles. The predicted octanol–water partition coefficient (Wildman–Crippen LogP) is 2.12. The van der Waals surface area contributed by atoms with Gasteiger partial charge in [0.2, 0.25) is 5.89 Å². The number of aromatic nitrogens is 4. The fourth-order valence-corrected chi connectivity index (χ4v) is 3.51. The van der Waals surface area contributed by atoms with Gasteiger partial charge in [-0.1, -0.05) is 5.16 Å². The first-order chi connectivity index (χ1) is 13.1. The predicted molar refractivity (Wildman–Crippen MR) is 100 cm³/mol. The van der Waals surface area contributed by atoms with E-state index in [9.17, 15) is 4.79 Å². The highest BCUT2D eigenvalue weighted by Gasteiger charge is 2.29. The van der Waals surface area contributed by atoms with Crippen LogP contribution in [0.15, 0.2) is 28.9 Å². The largest absolute Gasteiger partial charge is 0.339 e. The summed E-state index contributed by atoms with van der Waals surface area (Å²) in [6.07, 6.45) is 4.33. The van der Waals surface area contributed by atoms with Gasteiger partial charge in [-0.25, -0.2) is 0 Å². The number of piperidine rings is 1. The maximum absolute atomic E-state index is 13.0. The molecule has 1 amide bonds. The molecule has 0 radical (unpaired) electrons. The molecule has 0 saturated carbocycles. The van der Waals surface area contributed by atoms with E-state index in [1.54, 1.807) is 6.20 Å². The number of aromatic amines is 1. The van der Waals surface area contributed by atoms with Crippen molar-refractivity contribution in [1.29, 1.82) is 0 Å². The molecular weight excluding hydrogens is 344 g/mol. The van der Waals surface area contributed by atoms with Crippen LogP contribution in [0.4, 0.5) is 0 Å². The first kappa shape index (κ1) is 17.7. The quantitative estimate of drug-likeness (QED) is 0.715. The topological polar surface area (TPSA) is 99.9 Å². The molecular formula is C19H24N6O2. The molecule has 4 rings (SSSR count). The van der Waals surface area contributed by atoms with Gasteiger partial charge in [0.1, 0.15) is 0 Å². The summed E-state index contributed by atoms with van der Waals surface area (Å²) in [7, 11) is 1.91. The molecule has 0 spiro atoms. The van der Waals surface area contributed by atoms with Crippen LogP contribution in [-0.2, 0) is 6.42 Å². The van der Waals surface area contributed by atoms with Crippen LogP contribution in [0.1, 0.15) is 47.8 Å². The lowest BCUT2D eigenvalue weighted by Crippen LogP contribution is -2.39. The smallest absolute Gasteiger partial charge is 0.253 e. The van der Waals surface area contributed by atoms with Gasteiger partial charge in [0.25, 0.3) is 5.91 Å². The fraction of sp³-hybridized carbons (Fsp3) is 0.474. The molecule has 2 N–H and O–H groups in total. The van der Waals surface area contributed by atoms with Crippen molar-refractivity contribution in [2.75, 3.05) is 20.1 Å². The van der Waals surface area contributed by atoms with Gasteiger partial charge in [0.15, 0.2) is 5.82 Å². The summed E-state index contributed by atoms with van der Waals surface area (Å²) in [6, 6.07) is 5.91. The number of fused-ring (bicyclic) bond motifs is 1. The normalized spacial score (nSPS) is 18.7. The van der Waals surface area contributed by atoms with Gasteiger partial charge in [-0.05, 0) is 45.0 Å². The summed E-state index contributed by atoms with van der Waals surface area (Å²) in [5.74, 6) is 1.47. The van der Waals surface area contributed by atoms with Crippen LogP contribution in [0.5, 0.6) is 0 Å². The monoisotopic (exact) mass is 368 g/mol. The minimum Gasteiger partial charge on any atom is -0.339 e. The third kappa shape index (κ3) is 3.71. The van der Waals surface area contributed by atoms with Crippen molar-refractivity contribution < 1.29 is 9.32 Å². The second-order valence-corrected chi connectivity index (χ2v) is 7.21. The minimum atomic E-state index is 0.0337. The zero-order chi connectivity index (χ0) is 18.8. The Morgan fingerprint density at radius 2 is 2.37 bits per heavy atom. The molecule has 0 aliphatic carbocycles. The number of carbonyl (C=O) groups excluding carboxylic acids is 1. The van der Waals surface area contributed by atoms with Crippen LogP contribution in [0.3, 0.4) is 0 Å². The van der Waals surface area contributed by atoms with Gasteiger partial charge in [0.05, 0.1) is 17.6 Å². The van der Waals surface area contributed by atoms with Gasteiger partial charge in [-0.15, -0.1) is 0 Å². The molecule has 1 saturated heterocycles. The number of likely N-dealkylation sites (tertiary alicyclic amines) is 1. The average molecular weight is 368 g/mol. The maximum atomic E-state index is 13.0. The Balaban J connectivity index is 1.46. The number of hydrogen-bond acceptors (Lipinski definition) is 6. The molecule has 8 heteroatoms. The van der Waals surface area contributed by atoms with Crippen molar-refractivity contribution >= 4 is 16.8 Å². The van der Waals surface area contributed by atoms with Gasteiger partial charge in [-0.3, -0.25) is 9.89 Å². The Kier molecular flexibility index (Phi) is 4.89. The molecule has 1 aliphatic rings. The number of amides is 1. The van der Waals surface area contributed by atoms with Crippen LogP contribution in [-0.4, -0.2) is 57.3 Å². The van der Waals surface area contributed by atoms with E-state index in [4.69, 9.17) is 4.52 Å². The van der Waals surface area contributed by atoms with Gasteiger partial charge < -0.3 is 14.7 Å². The minimum absolute atomic E-state index is 0.0337. The Hall–Kier alpha value is -2.74. The van der Waals surface area contributed by atoms with Crippen LogP contribution in [0.2, 0.25) is 0 Å². The molecule has 0 bridgehead atoms. The lowest BCUT2D eigenvalue weighted by atomic mass is 9.97. The lowest BCUT2D eigenvalue weighted by molar-refractivity contribution is 0.0696. The third-order valence-corrected chi connectivity index (χ3v) is 5.21.